The average Bonchev–Trinajstić information content (AvgIpc) is 2.98. The molecule has 0 aliphatic carbocycles. The molecule has 124 valence electrons. The zero-order valence-electron chi connectivity index (χ0n) is 13.2. The zero-order valence-corrected chi connectivity index (χ0v) is 15.6. The van der Waals surface area contributed by atoms with Crippen molar-refractivity contribution in [2.75, 3.05) is 0 Å². The number of rotatable bonds is 6. The molecule has 1 heterocycles. The lowest BCUT2D eigenvalue weighted by atomic mass is 10.2. The first-order valence-electron chi connectivity index (χ1n) is 7.74. The Bertz CT molecular complexity index is 818. The summed E-state index contributed by atoms with van der Waals surface area (Å²) >= 11 is 13.8. The number of aromatic nitrogens is 3. The van der Waals surface area contributed by atoms with Crippen LogP contribution in [-0.4, -0.2) is 14.8 Å². The summed E-state index contributed by atoms with van der Waals surface area (Å²) in [4.78, 5) is 0. The van der Waals surface area contributed by atoms with E-state index >= 15 is 0 Å². The van der Waals surface area contributed by atoms with Gasteiger partial charge in [-0.1, -0.05) is 78.3 Å². The van der Waals surface area contributed by atoms with E-state index < -0.39 is 0 Å². The van der Waals surface area contributed by atoms with Crippen molar-refractivity contribution in [1.29, 1.82) is 0 Å². The predicted molar refractivity (Wildman–Crippen MR) is 102 cm³/mol. The minimum Gasteiger partial charge on any atom is -0.302 e. The van der Waals surface area contributed by atoms with Crippen molar-refractivity contribution in [3.63, 3.8) is 0 Å². The normalized spacial score (nSPS) is 11.0. The molecule has 0 radical (unpaired) electrons. The van der Waals surface area contributed by atoms with Gasteiger partial charge >= 0.3 is 0 Å². The maximum absolute atomic E-state index is 6.26. The molecule has 2 aromatic carbocycles. The molecule has 0 fully saturated rings. The standard InChI is InChI=1S/C18H17Cl2N3S/c1-2-10-23-17(13-6-4-3-5-7-13)21-22-18(23)24-12-14-8-9-15(19)11-16(14)20/h3-9,11H,2,10,12H2,1H3. The van der Waals surface area contributed by atoms with Crippen LogP contribution in [0.1, 0.15) is 18.9 Å². The molecule has 0 amide bonds. The summed E-state index contributed by atoms with van der Waals surface area (Å²) in [5, 5.41) is 11.0. The number of nitrogens with zero attached hydrogens (tertiary/aromatic N) is 3. The summed E-state index contributed by atoms with van der Waals surface area (Å²) in [6, 6.07) is 15.7. The van der Waals surface area contributed by atoms with Gasteiger partial charge in [0.15, 0.2) is 11.0 Å². The summed E-state index contributed by atoms with van der Waals surface area (Å²) in [6.45, 7) is 3.03. The predicted octanol–water partition coefficient (Wildman–Crippen LogP) is 5.95. The second kappa shape index (κ2) is 8.06. The molecule has 0 bridgehead atoms. The minimum atomic E-state index is 0.647. The van der Waals surface area contributed by atoms with Gasteiger partial charge in [0.2, 0.25) is 0 Å². The quantitative estimate of drug-likeness (QED) is 0.496. The summed E-state index contributed by atoms with van der Waals surface area (Å²) in [6.07, 6.45) is 1.02. The molecule has 0 aliphatic rings. The van der Waals surface area contributed by atoms with Gasteiger partial charge in [-0.3, -0.25) is 0 Å². The number of halogens is 2. The molecule has 3 rings (SSSR count). The molecule has 0 aliphatic heterocycles. The van der Waals surface area contributed by atoms with E-state index in [4.69, 9.17) is 23.2 Å². The Balaban J connectivity index is 1.84. The number of benzene rings is 2. The highest BCUT2D eigenvalue weighted by atomic mass is 35.5. The molecule has 0 saturated carbocycles. The van der Waals surface area contributed by atoms with Crippen LogP contribution in [0.15, 0.2) is 53.7 Å². The molecule has 3 nitrogen and oxygen atoms in total. The van der Waals surface area contributed by atoms with E-state index in [-0.39, 0.29) is 0 Å². The van der Waals surface area contributed by atoms with Crippen LogP contribution >= 0.6 is 35.0 Å². The van der Waals surface area contributed by atoms with Gasteiger partial charge in [-0.15, -0.1) is 10.2 Å². The van der Waals surface area contributed by atoms with Crippen LogP contribution in [0.5, 0.6) is 0 Å². The molecule has 0 saturated heterocycles. The summed E-state index contributed by atoms with van der Waals surface area (Å²) in [7, 11) is 0. The van der Waals surface area contributed by atoms with Gasteiger partial charge in [0, 0.05) is 27.9 Å². The van der Waals surface area contributed by atoms with Crippen LogP contribution in [0.3, 0.4) is 0 Å². The molecule has 0 N–H and O–H groups in total. The lowest BCUT2D eigenvalue weighted by Crippen LogP contribution is -2.02. The molecule has 0 atom stereocenters. The Morgan fingerprint density at radius 3 is 2.54 bits per heavy atom. The van der Waals surface area contributed by atoms with Crippen LogP contribution in [0, 0.1) is 0 Å². The van der Waals surface area contributed by atoms with Crippen molar-refractivity contribution >= 4 is 35.0 Å². The minimum absolute atomic E-state index is 0.647. The van der Waals surface area contributed by atoms with E-state index in [1.54, 1.807) is 17.8 Å². The van der Waals surface area contributed by atoms with Crippen LogP contribution < -0.4 is 0 Å². The lowest BCUT2D eigenvalue weighted by Gasteiger charge is -2.09. The van der Waals surface area contributed by atoms with E-state index in [0.29, 0.717) is 10.0 Å². The van der Waals surface area contributed by atoms with Gasteiger partial charge in [-0.25, -0.2) is 0 Å². The van der Waals surface area contributed by atoms with E-state index in [2.05, 4.69) is 33.8 Å². The van der Waals surface area contributed by atoms with Gasteiger partial charge in [0.1, 0.15) is 0 Å². The fraction of sp³-hybridized carbons (Fsp3) is 0.222. The molecule has 0 unspecified atom stereocenters. The monoisotopic (exact) mass is 377 g/mol. The highest BCUT2D eigenvalue weighted by Gasteiger charge is 2.14. The van der Waals surface area contributed by atoms with Gasteiger partial charge in [-0.2, -0.15) is 0 Å². The second-order valence-corrected chi connectivity index (χ2v) is 7.13. The molecule has 0 spiro atoms. The Morgan fingerprint density at radius 1 is 1.04 bits per heavy atom. The average molecular weight is 378 g/mol. The lowest BCUT2D eigenvalue weighted by molar-refractivity contribution is 0.626. The van der Waals surface area contributed by atoms with Gasteiger partial charge in [-0.05, 0) is 24.1 Å². The first kappa shape index (κ1) is 17.3. The van der Waals surface area contributed by atoms with E-state index in [1.165, 1.54) is 0 Å². The summed E-state index contributed by atoms with van der Waals surface area (Å²) in [5.74, 6) is 1.63. The molecule has 24 heavy (non-hydrogen) atoms. The zero-order chi connectivity index (χ0) is 16.9. The summed E-state index contributed by atoms with van der Waals surface area (Å²) in [5.41, 5.74) is 2.12. The van der Waals surface area contributed by atoms with Crippen LogP contribution in [0.2, 0.25) is 10.0 Å². The third-order valence-corrected chi connectivity index (χ3v) is 5.17. The first-order valence-corrected chi connectivity index (χ1v) is 9.48. The highest BCUT2D eigenvalue weighted by molar-refractivity contribution is 7.98. The topological polar surface area (TPSA) is 30.7 Å². The SMILES string of the molecule is CCCn1c(SCc2ccc(Cl)cc2Cl)nnc1-c1ccccc1. The van der Waals surface area contributed by atoms with Crippen molar-refractivity contribution in [2.24, 2.45) is 0 Å². The Kier molecular flexibility index (Phi) is 5.82. The van der Waals surface area contributed by atoms with Gasteiger partial charge < -0.3 is 4.57 Å². The fourth-order valence-electron chi connectivity index (χ4n) is 2.40. The van der Waals surface area contributed by atoms with Crippen molar-refractivity contribution < 1.29 is 0 Å². The maximum Gasteiger partial charge on any atom is 0.191 e. The molecular formula is C18H17Cl2N3S. The third kappa shape index (κ3) is 3.94. The van der Waals surface area contributed by atoms with Crippen LogP contribution in [-0.2, 0) is 12.3 Å². The Labute approximate surface area is 156 Å². The van der Waals surface area contributed by atoms with Gasteiger partial charge in [0.25, 0.3) is 0 Å². The molecule has 1 aromatic heterocycles. The second-order valence-electron chi connectivity index (χ2n) is 5.35. The Hall–Kier alpha value is -1.49. The third-order valence-electron chi connectivity index (χ3n) is 3.57. The van der Waals surface area contributed by atoms with E-state index in [9.17, 15) is 0 Å². The first-order chi connectivity index (χ1) is 11.7. The summed E-state index contributed by atoms with van der Waals surface area (Å²) < 4.78 is 2.17. The van der Waals surface area contributed by atoms with Crippen LogP contribution in [0.25, 0.3) is 11.4 Å². The van der Waals surface area contributed by atoms with Crippen molar-refractivity contribution in [3.8, 4) is 11.4 Å². The van der Waals surface area contributed by atoms with Crippen LogP contribution in [0.4, 0.5) is 0 Å². The van der Waals surface area contributed by atoms with Crippen molar-refractivity contribution in [1.82, 2.24) is 14.8 Å². The maximum atomic E-state index is 6.26. The van der Waals surface area contributed by atoms with Gasteiger partial charge in [0.05, 0.1) is 0 Å². The highest BCUT2D eigenvalue weighted by Crippen LogP contribution is 2.30. The number of thioether (sulfide) groups is 1. The Morgan fingerprint density at radius 2 is 1.83 bits per heavy atom. The fourth-order valence-corrected chi connectivity index (χ4v) is 3.93. The van der Waals surface area contributed by atoms with Crippen molar-refractivity contribution in [2.45, 2.75) is 30.8 Å². The number of hydrogen-bond acceptors (Lipinski definition) is 3. The molecular weight excluding hydrogens is 361 g/mol. The largest absolute Gasteiger partial charge is 0.302 e. The molecule has 3 aromatic rings. The molecule has 6 heteroatoms. The van der Waals surface area contributed by atoms with Crippen molar-refractivity contribution in [3.05, 3.63) is 64.1 Å². The van der Waals surface area contributed by atoms with E-state index in [0.717, 1.165) is 40.8 Å². The smallest absolute Gasteiger partial charge is 0.191 e. The van der Waals surface area contributed by atoms with E-state index in [1.807, 2.05) is 30.3 Å². The number of hydrogen-bond donors (Lipinski definition) is 0.